The summed E-state index contributed by atoms with van der Waals surface area (Å²) in [6.45, 7) is 0.569. The molecule has 0 aliphatic heterocycles. The van der Waals surface area contributed by atoms with Crippen LogP contribution >= 0.6 is 0 Å². The molecular weight excluding hydrogens is 228 g/mol. The smallest absolute Gasteiger partial charge is 0.155 e. The molecule has 0 spiro atoms. The lowest BCUT2D eigenvalue weighted by Gasteiger charge is -2.02. The third kappa shape index (κ3) is 3.36. The van der Waals surface area contributed by atoms with Gasteiger partial charge in [-0.05, 0) is 24.3 Å². The molecule has 0 amide bonds. The maximum atomic E-state index is 8.94. The quantitative estimate of drug-likeness (QED) is 0.637. The molecule has 1 N–H and O–H groups in total. The molecule has 0 saturated heterocycles. The first-order valence-electron chi connectivity index (χ1n) is 5.64. The summed E-state index contributed by atoms with van der Waals surface area (Å²) in [6.07, 6.45) is 5.15. The fraction of sp³-hybridized carbons (Fsp3) is 0.154. The van der Waals surface area contributed by atoms with Gasteiger partial charge in [0.15, 0.2) is 5.49 Å². The summed E-state index contributed by atoms with van der Waals surface area (Å²) >= 11 is 0. The highest BCUT2D eigenvalue weighted by Gasteiger charge is 1.90. The molecule has 18 heavy (non-hydrogen) atoms. The van der Waals surface area contributed by atoms with Crippen LogP contribution in [0.15, 0.2) is 59.0 Å². The van der Waals surface area contributed by atoms with E-state index in [1.54, 1.807) is 12.4 Å². The summed E-state index contributed by atoms with van der Waals surface area (Å²) in [7, 11) is 0. The Morgan fingerprint density at radius 2 is 2.11 bits per heavy atom. The van der Waals surface area contributed by atoms with Gasteiger partial charge >= 0.3 is 0 Å². The molecule has 0 aromatic carbocycles. The van der Waals surface area contributed by atoms with E-state index in [4.69, 9.17) is 5.11 Å². The van der Waals surface area contributed by atoms with E-state index in [2.05, 4.69) is 15.2 Å². The number of pyridine rings is 2. The Morgan fingerprint density at radius 3 is 2.89 bits per heavy atom. The van der Waals surface area contributed by atoms with Gasteiger partial charge in [-0.1, -0.05) is 12.1 Å². The molecule has 5 nitrogen and oxygen atoms in total. The van der Waals surface area contributed by atoms with E-state index in [0.717, 1.165) is 5.69 Å². The second kappa shape index (κ2) is 6.46. The number of aliphatic hydroxyl groups excluding tert-OH is 1. The lowest BCUT2D eigenvalue weighted by atomic mass is 10.4. The monoisotopic (exact) mass is 242 g/mol. The van der Waals surface area contributed by atoms with E-state index in [9.17, 15) is 0 Å². The van der Waals surface area contributed by atoms with Crippen molar-refractivity contribution < 1.29 is 5.11 Å². The van der Waals surface area contributed by atoms with Crippen molar-refractivity contribution in [1.29, 1.82) is 0 Å². The molecular formula is C13H14N4O. The van der Waals surface area contributed by atoms with Crippen LogP contribution in [-0.4, -0.2) is 27.5 Å². The van der Waals surface area contributed by atoms with Gasteiger partial charge in [0.2, 0.25) is 0 Å². The normalized spacial score (nSPS) is 12.2. The number of aliphatic hydroxyl groups is 1. The van der Waals surface area contributed by atoms with Crippen LogP contribution in [0.1, 0.15) is 5.69 Å². The zero-order valence-corrected chi connectivity index (χ0v) is 9.85. The van der Waals surface area contributed by atoms with Gasteiger partial charge in [0.1, 0.15) is 0 Å². The molecule has 2 aromatic rings. The largest absolute Gasteiger partial charge is 0.395 e. The Hall–Kier alpha value is -2.27. The summed E-state index contributed by atoms with van der Waals surface area (Å²) < 4.78 is 1.83. The number of rotatable bonds is 4. The van der Waals surface area contributed by atoms with Crippen LogP contribution < -0.4 is 5.49 Å². The fourth-order valence-corrected chi connectivity index (χ4v) is 1.45. The molecule has 5 heteroatoms. The topological polar surface area (TPSA) is 62.8 Å². The van der Waals surface area contributed by atoms with Crippen molar-refractivity contribution >= 4 is 6.21 Å². The predicted molar refractivity (Wildman–Crippen MR) is 68.9 cm³/mol. The van der Waals surface area contributed by atoms with E-state index in [1.807, 2.05) is 47.2 Å². The molecule has 92 valence electrons. The number of nitrogens with zero attached hydrogens (tertiary/aromatic N) is 4. The van der Waals surface area contributed by atoms with Gasteiger partial charge in [-0.2, -0.15) is 5.10 Å². The fourth-order valence-electron chi connectivity index (χ4n) is 1.45. The van der Waals surface area contributed by atoms with Crippen LogP contribution in [0.25, 0.3) is 0 Å². The molecule has 0 radical (unpaired) electrons. The summed E-state index contributed by atoms with van der Waals surface area (Å²) in [6, 6.07) is 11.2. The highest BCUT2D eigenvalue weighted by Crippen LogP contribution is 1.88. The zero-order chi connectivity index (χ0) is 12.6. The highest BCUT2D eigenvalue weighted by molar-refractivity contribution is 5.76. The Bertz CT molecular complexity index is 575. The average molecular weight is 242 g/mol. The predicted octanol–water partition coefficient (Wildman–Crippen LogP) is 0.810. The maximum Gasteiger partial charge on any atom is 0.155 e. The SMILES string of the molecule is OCCn1cccc/c1=N\N=Cc1ccccn1. The second-order valence-electron chi connectivity index (χ2n) is 3.58. The Balaban J connectivity index is 2.21. The molecule has 0 aliphatic carbocycles. The van der Waals surface area contributed by atoms with E-state index >= 15 is 0 Å². The molecule has 2 heterocycles. The van der Waals surface area contributed by atoms with Gasteiger partial charge in [0.05, 0.1) is 18.5 Å². The van der Waals surface area contributed by atoms with Crippen molar-refractivity contribution in [2.45, 2.75) is 6.54 Å². The summed E-state index contributed by atoms with van der Waals surface area (Å²) in [5, 5.41) is 17.0. The number of aromatic nitrogens is 2. The molecule has 0 atom stereocenters. The maximum absolute atomic E-state index is 8.94. The van der Waals surface area contributed by atoms with Gasteiger partial charge < -0.3 is 9.67 Å². The van der Waals surface area contributed by atoms with Gasteiger partial charge in [-0.15, -0.1) is 5.10 Å². The molecule has 2 aromatic heterocycles. The van der Waals surface area contributed by atoms with Crippen LogP contribution in [0.2, 0.25) is 0 Å². The summed E-state index contributed by atoms with van der Waals surface area (Å²) in [4.78, 5) is 4.11. The average Bonchev–Trinajstić information content (AvgIpc) is 2.42. The van der Waals surface area contributed by atoms with Crippen molar-refractivity contribution in [2.75, 3.05) is 6.61 Å². The first-order chi connectivity index (χ1) is 8.90. The summed E-state index contributed by atoms with van der Waals surface area (Å²) in [5.74, 6) is 0. The lowest BCUT2D eigenvalue weighted by Crippen LogP contribution is -2.20. The number of hydrogen-bond acceptors (Lipinski definition) is 4. The first kappa shape index (κ1) is 12.2. The molecule has 0 fully saturated rings. The minimum absolute atomic E-state index is 0.0706. The van der Waals surface area contributed by atoms with Crippen LogP contribution in [0.4, 0.5) is 0 Å². The van der Waals surface area contributed by atoms with Crippen molar-refractivity contribution in [3.63, 3.8) is 0 Å². The molecule has 0 saturated carbocycles. The van der Waals surface area contributed by atoms with Crippen molar-refractivity contribution in [2.24, 2.45) is 10.2 Å². The Morgan fingerprint density at radius 1 is 1.22 bits per heavy atom. The second-order valence-corrected chi connectivity index (χ2v) is 3.58. The Labute approximate surface area is 105 Å². The summed E-state index contributed by atoms with van der Waals surface area (Å²) in [5.41, 5.74) is 1.45. The Kier molecular flexibility index (Phi) is 4.38. The standard InChI is InChI=1S/C13H14N4O/c18-10-9-17-8-4-2-6-13(17)16-15-11-12-5-1-3-7-14-12/h1-8,11,18H,9-10H2/b15-11?,16-13+. The van der Waals surface area contributed by atoms with Crippen molar-refractivity contribution in [3.05, 3.63) is 60.0 Å². The van der Waals surface area contributed by atoms with E-state index < -0.39 is 0 Å². The van der Waals surface area contributed by atoms with Gasteiger partial charge in [0, 0.05) is 18.9 Å². The molecule has 2 rings (SSSR count). The highest BCUT2D eigenvalue weighted by atomic mass is 16.3. The van der Waals surface area contributed by atoms with Gasteiger partial charge in [-0.3, -0.25) is 4.98 Å². The zero-order valence-electron chi connectivity index (χ0n) is 9.85. The third-order valence-corrected chi connectivity index (χ3v) is 2.30. The minimum Gasteiger partial charge on any atom is -0.395 e. The lowest BCUT2D eigenvalue weighted by molar-refractivity contribution is 0.273. The minimum atomic E-state index is 0.0706. The number of hydrogen-bond donors (Lipinski definition) is 1. The molecule has 0 aliphatic rings. The van der Waals surface area contributed by atoms with Crippen molar-refractivity contribution in [3.8, 4) is 0 Å². The molecule has 0 unspecified atom stereocenters. The van der Waals surface area contributed by atoms with Crippen molar-refractivity contribution in [1.82, 2.24) is 9.55 Å². The van der Waals surface area contributed by atoms with Gasteiger partial charge in [0.25, 0.3) is 0 Å². The van der Waals surface area contributed by atoms with E-state index in [0.29, 0.717) is 12.0 Å². The van der Waals surface area contributed by atoms with Crippen LogP contribution in [0.5, 0.6) is 0 Å². The first-order valence-corrected chi connectivity index (χ1v) is 5.64. The molecule has 0 bridgehead atoms. The van der Waals surface area contributed by atoms with Gasteiger partial charge in [-0.25, -0.2) is 0 Å². The van der Waals surface area contributed by atoms with E-state index in [-0.39, 0.29) is 6.61 Å². The third-order valence-electron chi connectivity index (χ3n) is 2.30. The van der Waals surface area contributed by atoms with Crippen LogP contribution in [0.3, 0.4) is 0 Å². The van der Waals surface area contributed by atoms with E-state index in [1.165, 1.54) is 0 Å². The van der Waals surface area contributed by atoms with Crippen LogP contribution in [0, 0.1) is 0 Å². The van der Waals surface area contributed by atoms with Crippen LogP contribution in [-0.2, 0) is 6.54 Å².